The first-order valence-electron chi connectivity index (χ1n) is 6.57. The highest BCUT2D eigenvalue weighted by atomic mass is 32.2. The summed E-state index contributed by atoms with van der Waals surface area (Å²) in [4.78, 5) is -0.224. The van der Waals surface area contributed by atoms with Crippen molar-refractivity contribution in [1.29, 1.82) is 0 Å². The molecule has 0 unspecified atom stereocenters. The number of hydrogen-bond acceptors (Lipinski definition) is 4. The van der Waals surface area contributed by atoms with E-state index in [2.05, 4.69) is 10.2 Å². The molecule has 0 fully saturated rings. The molecule has 0 spiro atoms. The molecule has 2 rings (SSSR count). The van der Waals surface area contributed by atoms with Crippen LogP contribution in [0.25, 0.3) is 0 Å². The van der Waals surface area contributed by atoms with E-state index >= 15 is 0 Å². The Balaban J connectivity index is 2.25. The molecule has 122 valence electrons. The Morgan fingerprint density at radius 1 is 1.32 bits per heavy atom. The summed E-state index contributed by atoms with van der Waals surface area (Å²) in [5.74, 6) is 0. The second-order valence-corrected chi connectivity index (χ2v) is 6.80. The Bertz CT molecular complexity index is 753. The van der Waals surface area contributed by atoms with Crippen molar-refractivity contribution in [2.45, 2.75) is 38.4 Å². The molecule has 0 N–H and O–H groups in total. The fourth-order valence-corrected chi connectivity index (χ4v) is 3.33. The number of nitrogens with zero attached hydrogens (tertiary/aromatic N) is 5. The molecule has 0 aromatic carbocycles. The van der Waals surface area contributed by atoms with Gasteiger partial charge in [0.25, 0.3) is 0 Å². The Morgan fingerprint density at radius 3 is 2.50 bits per heavy atom. The van der Waals surface area contributed by atoms with Crippen LogP contribution < -0.4 is 0 Å². The predicted octanol–water partition coefficient (Wildman–Crippen LogP) is 1.62. The highest BCUT2D eigenvalue weighted by molar-refractivity contribution is 7.89. The minimum absolute atomic E-state index is 0.0916. The third-order valence-corrected chi connectivity index (χ3v) is 5.20. The molecule has 2 aromatic heterocycles. The third kappa shape index (κ3) is 3.02. The summed E-state index contributed by atoms with van der Waals surface area (Å²) >= 11 is 0. The van der Waals surface area contributed by atoms with Crippen LogP contribution in [-0.2, 0) is 23.1 Å². The molecule has 22 heavy (non-hydrogen) atoms. The normalized spacial score (nSPS) is 12.5. The van der Waals surface area contributed by atoms with Gasteiger partial charge in [0.1, 0.15) is 4.90 Å². The van der Waals surface area contributed by atoms with E-state index < -0.39 is 16.6 Å². The smallest absolute Gasteiger partial charge is 0.273 e. The highest BCUT2D eigenvalue weighted by Crippen LogP contribution is 2.23. The van der Waals surface area contributed by atoms with Crippen LogP contribution in [0.1, 0.15) is 24.7 Å². The van der Waals surface area contributed by atoms with Gasteiger partial charge in [-0.2, -0.15) is 23.3 Å². The molecular weight excluding hydrogens is 316 g/mol. The van der Waals surface area contributed by atoms with Crippen molar-refractivity contribution in [3.05, 3.63) is 29.8 Å². The maximum Gasteiger partial charge on any atom is 0.333 e. The summed E-state index contributed by atoms with van der Waals surface area (Å²) in [6, 6.07) is 0. The molecule has 7 nitrogen and oxygen atoms in total. The topological polar surface area (TPSA) is 73.0 Å². The van der Waals surface area contributed by atoms with Crippen molar-refractivity contribution in [1.82, 2.24) is 23.9 Å². The SMILES string of the molecule is CCn1cc(CN(C)S(=O)(=O)c2cnn(C(F)F)c2C)cn1. The summed E-state index contributed by atoms with van der Waals surface area (Å²) < 4.78 is 53.5. The molecule has 0 aliphatic carbocycles. The van der Waals surface area contributed by atoms with Crippen molar-refractivity contribution in [2.75, 3.05) is 7.05 Å². The first-order chi connectivity index (χ1) is 10.3. The average molecular weight is 333 g/mol. The van der Waals surface area contributed by atoms with E-state index in [0.717, 1.165) is 10.5 Å². The second kappa shape index (κ2) is 6.13. The van der Waals surface area contributed by atoms with E-state index in [1.807, 2.05) is 6.92 Å². The van der Waals surface area contributed by atoms with E-state index in [-0.39, 0.29) is 17.1 Å². The van der Waals surface area contributed by atoms with E-state index in [9.17, 15) is 17.2 Å². The maximum atomic E-state index is 12.7. The molecule has 0 bridgehead atoms. The molecule has 0 radical (unpaired) electrons. The first-order valence-corrected chi connectivity index (χ1v) is 8.01. The number of rotatable bonds is 6. The first kappa shape index (κ1) is 16.6. The largest absolute Gasteiger partial charge is 0.333 e. The zero-order valence-electron chi connectivity index (χ0n) is 12.4. The van der Waals surface area contributed by atoms with Crippen molar-refractivity contribution in [3.63, 3.8) is 0 Å². The van der Waals surface area contributed by atoms with Gasteiger partial charge in [-0.3, -0.25) is 4.68 Å². The molecule has 0 saturated heterocycles. The van der Waals surface area contributed by atoms with Gasteiger partial charge < -0.3 is 0 Å². The molecule has 2 aromatic rings. The van der Waals surface area contributed by atoms with Gasteiger partial charge in [0.05, 0.1) is 18.1 Å². The van der Waals surface area contributed by atoms with Crippen LogP contribution in [0.2, 0.25) is 0 Å². The Kier molecular flexibility index (Phi) is 4.61. The van der Waals surface area contributed by atoms with Crippen LogP contribution in [0.4, 0.5) is 8.78 Å². The number of sulfonamides is 1. The molecule has 0 saturated carbocycles. The van der Waals surface area contributed by atoms with E-state index in [1.54, 1.807) is 17.1 Å². The molecular formula is C12H17F2N5O2S. The molecule has 0 amide bonds. The summed E-state index contributed by atoms with van der Waals surface area (Å²) in [6.07, 6.45) is 4.26. The van der Waals surface area contributed by atoms with Gasteiger partial charge in [-0.25, -0.2) is 13.1 Å². The van der Waals surface area contributed by atoms with Gasteiger partial charge >= 0.3 is 6.55 Å². The van der Waals surface area contributed by atoms with Gasteiger partial charge in [0, 0.05) is 31.9 Å². The maximum absolute atomic E-state index is 12.7. The number of alkyl halides is 2. The molecule has 0 aliphatic heterocycles. The summed E-state index contributed by atoms with van der Waals surface area (Å²) in [5, 5.41) is 7.50. The monoisotopic (exact) mass is 333 g/mol. The quantitative estimate of drug-likeness (QED) is 0.805. The second-order valence-electron chi connectivity index (χ2n) is 4.78. The van der Waals surface area contributed by atoms with Crippen molar-refractivity contribution in [2.24, 2.45) is 0 Å². The van der Waals surface area contributed by atoms with Crippen molar-refractivity contribution in [3.8, 4) is 0 Å². The lowest BCUT2D eigenvalue weighted by molar-refractivity contribution is 0.0541. The van der Waals surface area contributed by atoms with E-state index in [1.165, 1.54) is 14.0 Å². The number of aryl methyl sites for hydroxylation is 1. The number of aromatic nitrogens is 4. The van der Waals surface area contributed by atoms with E-state index in [0.29, 0.717) is 16.8 Å². The fraction of sp³-hybridized carbons (Fsp3) is 0.500. The van der Waals surface area contributed by atoms with Crippen LogP contribution in [0.5, 0.6) is 0 Å². The third-order valence-electron chi connectivity index (χ3n) is 3.29. The van der Waals surface area contributed by atoms with Crippen molar-refractivity contribution >= 4 is 10.0 Å². The van der Waals surface area contributed by atoms with Crippen LogP contribution in [0.15, 0.2) is 23.5 Å². The standard InChI is InChI=1S/C12H17F2N5O2S/c1-4-18-8-10(5-15-18)7-17(3)22(20,21)11-6-16-19(9(11)2)12(13)14/h5-6,8,12H,4,7H2,1-3H3. The Hall–Kier alpha value is -1.81. The van der Waals surface area contributed by atoms with E-state index in [4.69, 9.17) is 0 Å². The molecule has 10 heteroatoms. The van der Waals surface area contributed by atoms with Gasteiger partial charge in [-0.05, 0) is 13.8 Å². The summed E-state index contributed by atoms with van der Waals surface area (Å²) in [6.45, 7) is 1.12. The molecule has 2 heterocycles. The van der Waals surface area contributed by atoms with Crippen LogP contribution in [0, 0.1) is 6.92 Å². The zero-order chi connectivity index (χ0) is 16.5. The van der Waals surface area contributed by atoms with Crippen LogP contribution >= 0.6 is 0 Å². The van der Waals surface area contributed by atoms with Gasteiger partial charge in [-0.1, -0.05) is 0 Å². The number of hydrogen-bond donors (Lipinski definition) is 0. The van der Waals surface area contributed by atoms with Crippen LogP contribution in [0.3, 0.4) is 0 Å². The lowest BCUT2D eigenvalue weighted by Crippen LogP contribution is -2.26. The Morgan fingerprint density at radius 2 is 2.00 bits per heavy atom. The Labute approximate surface area is 127 Å². The van der Waals surface area contributed by atoms with Gasteiger partial charge in [-0.15, -0.1) is 0 Å². The van der Waals surface area contributed by atoms with Crippen molar-refractivity contribution < 1.29 is 17.2 Å². The molecule has 0 aliphatic rings. The fourth-order valence-electron chi connectivity index (χ4n) is 2.03. The van der Waals surface area contributed by atoms with Gasteiger partial charge in [0.15, 0.2) is 0 Å². The predicted molar refractivity (Wildman–Crippen MR) is 74.8 cm³/mol. The lowest BCUT2D eigenvalue weighted by atomic mass is 10.4. The summed E-state index contributed by atoms with van der Waals surface area (Å²) in [5.41, 5.74) is 0.623. The van der Waals surface area contributed by atoms with Crippen LogP contribution in [-0.4, -0.2) is 39.3 Å². The minimum atomic E-state index is -3.90. The average Bonchev–Trinajstić information content (AvgIpc) is 3.05. The lowest BCUT2D eigenvalue weighted by Gasteiger charge is -2.16. The number of halogens is 2. The molecule has 0 atom stereocenters. The highest BCUT2D eigenvalue weighted by Gasteiger charge is 2.27. The zero-order valence-corrected chi connectivity index (χ0v) is 13.3. The minimum Gasteiger partial charge on any atom is -0.273 e. The van der Waals surface area contributed by atoms with Gasteiger partial charge in [0.2, 0.25) is 10.0 Å². The summed E-state index contributed by atoms with van der Waals surface area (Å²) in [7, 11) is -2.51.